The summed E-state index contributed by atoms with van der Waals surface area (Å²) in [5.41, 5.74) is -0.00433. The van der Waals surface area contributed by atoms with E-state index in [9.17, 15) is 13.2 Å². The standard InChI is InChI=1S/C9H7F3O.H2S/c10-9(11,12)7-3-1-2-6(4-7)8-5-13-8;/h1-4,8H,5H2;1H2/t8-;/m1./s1. The highest BCUT2D eigenvalue weighted by Crippen LogP contribution is 2.34. The Morgan fingerprint density at radius 1 is 1.29 bits per heavy atom. The first-order valence-electron chi connectivity index (χ1n) is 3.86. The van der Waals surface area contributed by atoms with E-state index in [1.807, 2.05) is 0 Å². The Balaban J connectivity index is 0.000000980. The second-order valence-electron chi connectivity index (χ2n) is 2.95. The van der Waals surface area contributed by atoms with Crippen LogP contribution in [0.15, 0.2) is 24.3 Å². The molecule has 0 radical (unpaired) electrons. The minimum Gasteiger partial charge on any atom is -0.368 e. The van der Waals surface area contributed by atoms with Crippen LogP contribution in [-0.2, 0) is 10.9 Å². The summed E-state index contributed by atoms with van der Waals surface area (Å²) in [7, 11) is 0. The lowest BCUT2D eigenvalue weighted by Gasteiger charge is -2.06. The molecule has 14 heavy (non-hydrogen) atoms. The van der Waals surface area contributed by atoms with E-state index in [1.54, 1.807) is 6.07 Å². The van der Waals surface area contributed by atoms with Crippen LogP contribution in [0.1, 0.15) is 17.2 Å². The molecule has 0 spiro atoms. The Hall–Kier alpha value is -0.680. The predicted octanol–water partition coefficient (Wildman–Crippen LogP) is 2.89. The van der Waals surface area contributed by atoms with Gasteiger partial charge < -0.3 is 4.74 Å². The quantitative estimate of drug-likeness (QED) is 0.665. The van der Waals surface area contributed by atoms with E-state index in [0.29, 0.717) is 12.2 Å². The summed E-state index contributed by atoms with van der Waals surface area (Å²) in [6, 6.07) is 5.25. The Labute approximate surface area is 86.3 Å². The molecule has 1 aromatic carbocycles. The highest BCUT2D eigenvalue weighted by Gasteiger charge is 2.32. The van der Waals surface area contributed by atoms with E-state index in [2.05, 4.69) is 0 Å². The molecule has 1 atom stereocenters. The molecule has 0 N–H and O–H groups in total. The lowest BCUT2D eigenvalue weighted by atomic mass is 10.1. The highest BCUT2D eigenvalue weighted by molar-refractivity contribution is 7.59. The van der Waals surface area contributed by atoms with Gasteiger partial charge in [0, 0.05) is 0 Å². The Morgan fingerprint density at radius 3 is 2.43 bits per heavy atom. The maximum atomic E-state index is 12.2. The average Bonchev–Trinajstić information content (AvgIpc) is 2.85. The van der Waals surface area contributed by atoms with E-state index in [0.717, 1.165) is 12.1 Å². The Kier molecular flexibility index (Phi) is 3.11. The zero-order valence-electron chi connectivity index (χ0n) is 7.14. The number of hydrogen-bond acceptors (Lipinski definition) is 1. The number of alkyl halides is 3. The molecule has 0 amide bonds. The van der Waals surface area contributed by atoms with Crippen LogP contribution in [-0.4, -0.2) is 6.61 Å². The van der Waals surface area contributed by atoms with Gasteiger partial charge in [0.2, 0.25) is 0 Å². The van der Waals surface area contributed by atoms with E-state index < -0.39 is 11.7 Å². The van der Waals surface area contributed by atoms with E-state index in [1.165, 1.54) is 6.07 Å². The molecule has 1 aliphatic rings. The minimum atomic E-state index is -4.26. The molecule has 1 nitrogen and oxygen atoms in total. The summed E-state index contributed by atoms with van der Waals surface area (Å²) in [6.45, 7) is 0.529. The molecule has 0 aromatic heterocycles. The van der Waals surface area contributed by atoms with Gasteiger partial charge in [-0.15, -0.1) is 0 Å². The molecule has 0 bridgehead atoms. The molecule has 1 fully saturated rings. The van der Waals surface area contributed by atoms with Gasteiger partial charge in [0.1, 0.15) is 6.10 Å². The lowest BCUT2D eigenvalue weighted by molar-refractivity contribution is -0.137. The van der Waals surface area contributed by atoms with Crippen molar-refractivity contribution in [3.8, 4) is 0 Å². The fourth-order valence-electron chi connectivity index (χ4n) is 1.16. The normalized spacial score (nSPS) is 20.1. The van der Waals surface area contributed by atoms with Crippen LogP contribution >= 0.6 is 13.5 Å². The third-order valence-electron chi connectivity index (χ3n) is 1.92. The van der Waals surface area contributed by atoms with Gasteiger partial charge in [-0.1, -0.05) is 12.1 Å². The van der Waals surface area contributed by atoms with Gasteiger partial charge in [0.05, 0.1) is 12.2 Å². The molecule has 1 heterocycles. The van der Waals surface area contributed by atoms with Crippen LogP contribution < -0.4 is 0 Å². The SMILES string of the molecule is FC(F)(F)c1cccc([C@H]2CO2)c1.S. The first-order valence-corrected chi connectivity index (χ1v) is 3.86. The van der Waals surface area contributed by atoms with Crippen molar-refractivity contribution in [2.45, 2.75) is 12.3 Å². The molecule has 2 rings (SSSR count). The molecule has 5 heteroatoms. The van der Waals surface area contributed by atoms with Crippen LogP contribution in [0.3, 0.4) is 0 Å². The Morgan fingerprint density at radius 2 is 1.93 bits per heavy atom. The number of rotatable bonds is 1. The summed E-state index contributed by atoms with van der Waals surface area (Å²) >= 11 is 0. The minimum absolute atomic E-state index is 0. The molecule has 78 valence electrons. The van der Waals surface area contributed by atoms with Crippen LogP contribution in [0.5, 0.6) is 0 Å². The van der Waals surface area contributed by atoms with E-state index >= 15 is 0 Å². The van der Waals surface area contributed by atoms with Crippen molar-refractivity contribution in [2.75, 3.05) is 6.61 Å². The van der Waals surface area contributed by atoms with Gasteiger partial charge in [-0.2, -0.15) is 26.7 Å². The number of benzene rings is 1. The monoisotopic (exact) mass is 222 g/mol. The summed E-state index contributed by atoms with van der Waals surface area (Å²) in [6.07, 6.45) is -4.38. The number of epoxide rings is 1. The van der Waals surface area contributed by atoms with Crippen molar-refractivity contribution < 1.29 is 17.9 Å². The summed E-state index contributed by atoms with van der Waals surface area (Å²) in [5.74, 6) is 0. The fourth-order valence-corrected chi connectivity index (χ4v) is 1.16. The molecule has 1 aliphatic heterocycles. The molecule has 0 unspecified atom stereocenters. The second kappa shape index (κ2) is 3.82. The van der Waals surface area contributed by atoms with Gasteiger partial charge in [-0.3, -0.25) is 0 Å². The topological polar surface area (TPSA) is 12.5 Å². The van der Waals surface area contributed by atoms with Crippen molar-refractivity contribution in [1.82, 2.24) is 0 Å². The first-order chi connectivity index (χ1) is 6.07. The summed E-state index contributed by atoms with van der Waals surface area (Å²) in [5, 5.41) is 0. The number of ether oxygens (including phenoxy) is 1. The van der Waals surface area contributed by atoms with Crippen molar-refractivity contribution in [3.05, 3.63) is 35.4 Å². The predicted molar refractivity (Wildman–Crippen MR) is 50.5 cm³/mol. The van der Waals surface area contributed by atoms with Crippen LogP contribution in [0.2, 0.25) is 0 Å². The molecule has 1 aromatic rings. The van der Waals surface area contributed by atoms with Gasteiger partial charge in [0.15, 0.2) is 0 Å². The van der Waals surface area contributed by atoms with Gasteiger partial charge in [-0.25, -0.2) is 0 Å². The smallest absolute Gasteiger partial charge is 0.368 e. The van der Waals surface area contributed by atoms with Crippen molar-refractivity contribution in [1.29, 1.82) is 0 Å². The zero-order chi connectivity index (χ0) is 9.47. The van der Waals surface area contributed by atoms with Gasteiger partial charge in [0.25, 0.3) is 0 Å². The fraction of sp³-hybridized carbons (Fsp3) is 0.333. The third kappa shape index (κ3) is 2.42. The first kappa shape index (κ1) is 11.4. The molecule has 0 saturated carbocycles. The lowest BCUT2D eigenvalue weighted by Crippen LogP contribution is -2.04. The molecule has 1 saturated heterocycles. The number of hydrogen-bond donors (Lipinski definition) is 0. The Bertz CT molecular complexity index is 320. The van der Waals surface area contributed by atoms with Crippen LogP contribution in [0.25, 0.3) is 0 Å². The summed E-state index contributed by atoms with van der Waals surface area (Å²) < 4.78 is 41.5. The molecular weight excluding hydrogens is 213 g/mol. The maximum Gasteiger partial charge on any atom is 0.416 e. The van der Waals surface area contributed by atoms with Crippen LogP contribution in [0.4, 0.5) is 13.2 Å². The second-order valence-corrected chi connectivity index (χ2v) is 2.95. The van der Waals surface area contributed by atoms with Crippen molar-refractivity contribution >= 4 is 13.5 Å². The van der Waals surface area contributed by atoms with E-state index in [4.69, 9.17) is 4.74 Å². The van der Waals surface area contributed by atoms with Crippen molar-refractivity contribution in [2.24, 2.45) is 0 Å². The summed E-state index contributed by atoms with van der Waals surface area (Å²) in [4.78, 5) is 0. The van der Waals surface area contributed by atoms with Gasteiger partial charge in [-0.05, 0) is 17.7 Å². The van der Waals surface area contributed by atoms with Crippen LogP contribution in [0, 0.1) is 0 Å². The number of halogens is 3. The van der Waals surface area contributed by atoms with Gasteiger partial charge >= 0.3 is 6.18 Å². The largest absolute Gasteiger partial charge is 0.416 e. The van der Waals surface area contributed by atoms with E-state index in [-0.39, 0.29) is 19.6 Å². The maximum absolute atomic E-state index is 12.2. The average molecular weight is 222 g/mol. The zero-order valence-corrected chi connectivity index (χ0v) is 8.14. The molecular formula is C9H9F3OS. The van der Waals surface area contributed by atoms with Crippen molar-refractivity contribution in [3.63, 3.8) is 0 Å². The highest BCUT2D eigenvalue weighted by atomic mass is 32.1. The third-order valence-corrected chi connectivity index (χ3v) is 1.92. The molecule has 0 aliphatic carbocycles.